The number of pyridine rings is 1. The fourth-order valence-electron chi connectivity index (χ4n) is 2.10. The highest BCUT2D eigenvalue weighted by Gasteiger charge is 2.21. The van der Waals surface area contributed by atoms with Crippen molar-refractivity contribution in [2.45, 2.75) is 18.9 Å². The van der Waals surface area contributed by atoms with Crippen LogP contribution < -0.4 is 5.32 Å². The summed E-state index contributed by atoms with van der Waals surface area (Å²) in [7, 11) is 0. The van der Waals surface area contributed by atoms with Crippen LogP contribution in [0, 0.1) is 11.3 Å². The molecule has 0 spiro atoms. The van der Waals surface area contributed by atoms with E-state index in [9.17, 15) is 4.79 Å². The Morgan fingerprint density at radius 3 is 2.84 bits per heavy atom. The highest BCUT2D eigenvalue weighted by atomic mass is 35.5. The second kappa shape index (κ2) is 6.50. The van der Waals surface area contributed by atoms with Crippen LogP contribution in [0.1, 0.15) is 23.3 Å². The standard InChI is InChI=1S/C13H15ClN4O/c14-10-1-2-12(16-9-10)13(19)17-11-3-6-18(7-4-11)8-5-15/h1-2,9,11H,3-4,6-8H2,(H,17,19). The maximum absolute atomic E-state index is 11.9. The molecule has 0 atom stereocenters. The number of nitrogens with zero attached hydrogens (tertiary/aromatic N) is 3. The first-order valence-corrected chi connectivity index (χ1v) is 6.58. The summed E-state index contributed by atoms with van der Waals surface area (Å²) in [5.74, 6) is -0.171. The molecule has 2 rings (SSSR count). The predicted octanol–water partition coefficient (Wildman–Crippen LogP) is 1.45. The van der Waals surface area contributed by atoms with Gasteiger partial charge in [0.2, 0.25) is 0 Å². The molecule has 6 heteroatoms. The van der Waals surface area contributed by atoms with E-state index < -0.39 is 0 Å². The lowest BCUT2D eigenvalue weighted by Gasteiger charge is -2.30. The number of hydrogen-bond donors (Lipinski definition) is 1. The average Bonchev–Trinajstić information content (AvgIpc) is 2.42. The van der Waals surface area contributed by atoms with Crippen molar-refractivity contribution < 1.29 is 4.79 Å². The SMILES string of the molecule is N#CCN1CCC(NC(=O)c2ccc(Cl)cn2)CC1. The second-order valence-electron chi connectivity index (χ2n) is 4.54. The van der Waals surface area contributed by atoms with Crippen molar-refractivity contribution in [3.05, 3.63) is 29.0 Å². The number of rotatable bonds is 3. The van der Waals surface area contributed by atoms with Crippen LogP contribution in [0.2, 0.25) is 5.02 Å². The fourth-order valence-corrected chi connectivity index (χ4v) is 2.22. The highest BCUT2D eigenvalue weighted by Crippen LogP contribution is 2.11. The van der Waals surface area contributed by atoms with Gasteiger partial charge >= 0.3 is 0 Å². The minimum atomic E-state index is -0.171. The molecule has 1 N–H and O–H groups in total. The molecule has 1 amide bonds. The van der Waals surface area contributed by atoms with Crippen molar-refractivity contribution in [2.24, 2.45) is 0 Å². The maximum Gasteiger partial charge on any atom is 0.270 e. The molecule has 5 nitrogen and oxygen atoms in total. The maximum atomic E-state index is 11.9. The normalized spacial score (nSPS) is 16.8. The summed E-state index contributed by atoms with van der Waals surface area (Å²) in [5, 5.41) is 12.1. The third kappa shape index (κ3) is 3.91. The molecule has 0 aromatic carbocycles. The molecule has 100 valence electrons. The topological polar surface area (TPSA) is 69.0 Å². The minimum Gasteiger partial charge on any atom is -0.348 e. The molecule has 0 bridgehead atoms. The van der Waals surface area contributed by atoms with Crippen LogP contribution >= 0.6 is 11.6 Å². The van der Waals surface area contributed by atoms with E-state index in [2.05, 4.69) is 21.3 Å². The summed E-state index contributed by atoms with van der Waals surface area (Å²) in [6, 6.07) is 5.56. The van der Waals surface area contributed by atoms with Gasteiger partial charge in [0.1, 0.15) is 5.69 Å². The number of nitrogens with one attached hydrogen (secondary N) is 1. The molecule has 0 saturated carbocycles. The molecule has 1 fully saturated rings. The van der Waals surface area contributed by atoms with E-state index in [4.69, 9.17) is 16.9 Å². The van der Waals surface area contributed by atoms with Crippen molar-refractivity contribution in [2.75, 3.05) is 19.6 Å². The first kappa shape index (κ1) is 13.8. The number of nitriles is 1. The van der Waals surface area contributed by atoms with Crippen LogP contribution in [0.15, 0.2) is 18.3 Å². The van der Waals surface area contributed by atoms with Crippen LogP contribution in [0.25, 0.3) is 0 Å². The van der Waals surface area contributed by atoms with Gasteiger partial charge in [-0.05, 0) is 25.0 Å². The first-order chi connectivity index (χ1) is 9.19. The van der Waals surface area contributed by atoms with Gasteiger partial charge in [-0.25, -0.2) is 4.98 Å². The van der Waals surface area contributed by atoms with Crippen molar-refractivity contribution in [1.82, 2.24) is 15.2 Å². The molecule has 1 aliphatic rings. The zero-order valence-electron chi connectivity index (χ0n) is 10.5. The molecule has 1 aromatic heterocycles. The van der Waals surface area contributed by atoms with Gasteiger partial charge in [0, 0.05) is 25.3 Å². The number of aromatic nitrogens is 1. The van der Waals surface area contributed by atoms with Gasteiger partial charge in [0.05, 0.1) is 17.6 Å². The number of halogens is 1. The summed E-state index contributed by atoms with van der Waals surface area (Å²) in [4.78, 5) is 18.0. The van der Waals surface area contributed by atoms with Gasteiger partial charge in [0.15, 0.2) is 0 Å². The quantitative estimate of drug-likeness (QED) is 0.850. The molecule has 1 aliphatic heterocycles. The molecule has 0 aliphatic carbocycles. The van der Waals surface area contributed by atoms with Gasteiger partial charge in [0.25, 0.3) is 5.91 Å². The second-order valence-corrected chi connectivity index (χ2v) is 4.98. The smallest absolute Gasteiger partial charge is 0.270 e. The van der Waals surface area contributed by atoms with Crippen molar-refractivity contribution in [3.8, 4) is 6.07 Å². The molecule has 0 unspecified atom stereocenters. The summed E-state index contributed by atoms with van der Waals surface area (Å²) < 4.78 is 0. The van der Waals surface area contributed by atoms with Gasteiger partial charge < -0.3 is 5.32 Å². The third-order valence-electron chi connectivity index (χ3n) is 3.18. The summed E-state index contributed by atoms with van der Waals surface area (Å²) in [6.45, 7) is 2.14. The Hall–Kier alpha value is -1.64. The molecule has 1 aromatic rings. The Kier molecular flexibility index (Phi) is 4.72. The zero-order valence-corrected chi connectivity index (χ0v) is 11.2. The lowest BCUT2D eigenvalue weighted by molar-refractivity contribution is 0.0909. The van der Waals surface area contributed by atoms with E-state index in [0.29, 0.717) is 17.3 Å². The largest absolute Gasteiger partial charge is 0.348 e. The lowest BCUT2D eigenvalue weighted by atomic mass is 10.0. The number of likely N-dealkylation sites (tertiary alicyclic amines) is 1. The van der Waals surface area contributed by atoms with E-state index in [-0.39, 0.29) is 11.9 Å². The van der Waals surface area contributed by atoms with Crippen LogP contribution in [0.3, 0.4) is 0 Å². The fraction of sp³-hybridized carbons (Fsp3) is 0.462. The van der Waals surface area contributed by atoms with Gasteiger partial charge in [-0.3, -0.25) is 9.69 Å². The molecule has 0 radical (unpaired) electrons. The molecule has 19 heavy (non-hydrogen) atoms. The molecule has 2 heterocycles. The van der Waals surface area contributed by atoms with E-state index in [1.807, 2.05) is 0 Å². The number of carbonyl (C=O) groups is 1. The van der Waals surface area contributed by atoms with Crippen LogP contribution in [0.5, 0.6) is 0 Å². The molecular formula is C13H15ClN4O. The Balaban J connectivity index is 1.84. The lowest BCUT2D eigenvalue weighted by Crippen LogP contribution is -2.44. The minimum absolute atomic E-state index is 0.153. The van der Waals surface area contributed by atoms with E-state index in [0.717, 1.165) is 25.9 Å². The average molecular weight is 279 g/mol. The van der Waals surface area contributed by atoms with Gasteiger partial charge in [-0.1, -0.05) is 11.6 Å². The Bertz CT molecular complexity index is 474. The molecular weight excluding hydrogens is 264 g/mol. The van der Waals surface area contributed by atoms with Crippen molar-refractivity contribution >= 4 is 17.5 Å². The third-order valence-corrected chi connectivity index (χ3v) is 3.40. The monoisotopic (exact) mass is 278 g/mol. The van der Waals surface area contributed by atoms with Crippen molar-refractivity contribution in [1.29, 1.82) is 5.26 Å². The first-order valence-electron chi connectivity index (χ1n) is 6.21. The number of amides is 1. The predicted molar refractivity (Wildman–Crippen MR) is 71.8 cm³/mol. The van der Waals surface area contributed by atoms with Crippen LogP contribution in [-0.4, -0.2) is 41.5 Å². The summed E-state index contributed by atoms with van der Waals surface area (Å²) in [5.41, 5.74) is 0.379. The van der Waals surface area contributed by atoms with Crippen molar-refractivity contribution in [3.63, 3.8) is 0 Å². The van der Waals surface area contributed by atoms with Gasteiger partial charge in [-0.15, -0.1) is 0 Å². The van der Waals surface area contributed by atoms with E-state index in [1.165, 1.54) is 6.20 Å². The van der Waals surface area contributed by atoms with Crippen LogP contribution in [0.4, 0.5) is 0 Å². The zero-order chi connectivity index (χ0) is 13.7. The molecule has 1 saturated heterocycles. The van der Waals surface area contributed by atoms with E-state index in [1.54, 1.807) is 12.1 Å². The Labute approximate surface area is 117 Å². The van der Waals surface area contributed by atoms with Gasteiger partial charge in [-0.2, -0.15) is 5.26 Å². The summed E-state index contributed by atoms with van der Waals surface area (Å²) in [6.07, 6.45) is 3.19. The summed E-state index contributed by atoms with van der Waals surface area (Å²) >= 11 is 5.73. The van der Waals surface area contributed by atoms with Crippen LogP contribution in [-0.2, 0) is 0 Å². The number of hydrogen-bond acceptors (Lipinski definition) is 4. The highest BCUT2D eigenvalue weighted by molar-refractivity contribution is 6.30. The number of carbonyl (C=O) groups excluding carboxylic acids is 1. The van der Waals surface area contributed by atoms with E-state index >= 15 is 0 Å². The Morgan fingerprint density at radius 2 is 2.26 bits per heavy atom. The number of piperidine rings is 1. The Morgan fingerprint density at radius 1 is 1.53 bits per heavy atom.